The molecule has 0 fully saturated rings. The zero-order chi connectivity index (χ0) is 21.6. The molecule has 1 atom stereocenters. The van der Waals surface area contributed by atoms with Gasteiger partial charge >= 0.3 is 0 Å². The number of hydrogen-bond donors (Lipinski definition) is 1. The van der Waals surface area contributed by atoms with Crippen molar-refractivity contribution in [3.63, 3.8) is 0 Å². The van der Waals surface area contributed by atoms with Crippen LogP contribution in [-0.4, -0.2) is 28.3 Å². The third kappa shape index (κ3) is 7.06. The van der Waals surface area contributed by atoms with Gasteiger partial charge in [0.2, 0.25) is 11.8 Å². The molecule has 0 saturated carbocycles. The molecule has 2 amide bonds. The van der Waals surface area contributed by atoms with Crippen molar-refractivity contribution in [2.75, 3.05) is 0 Å². The standard InChI is InChI=1S/C23H28Cl2N2O2/c1-5-20(22(29)26-23(2,3)4)27(15-17-11-12-18(24)19(25)13-17)21(28)14-16-9-7-6-8-10-16/h6-13,20H,5,14-15H2,1-4H3,(H,26,29)/t20-/m1/s1. The zero-order valence-corrected chi connectivity index (χ0v) is 18.8. The number of amides is 2. The van der Waals surface area contributed by atoms with Gasteiger partial charge in [0.25, 0.3) is 0 Å². The van der Waals surface area contributed by atoms with Crippen LogP contribution in [0.15, 0.2) is 48.5 Å². The van der Waals surface area contributed by atoms with E-state index in [4.69, 9.17) is 23.2 Å². The highest BCUT2D eigenvalue weighted by Crippen LogP contribution is 2.24. The first-order valence-electron chi connectivity index (χ1n) is 9.70. The summed E-state index contributed by atoms with van der Waals surface area (Å²) < 4.78 is 0. The summed E-state index contributed by atoms with van der Waals surface area (Å²) in [4.78, 5) is 27.8. The lowest BCUT2D eigenvalue weighted by Gasteiger charge is -2.33. The highest BCUT2D eigenvalue weighted by molar-refractivity contribution is 6.42. The number of nitrogens with zero attached hydrogens (tertiary/aromatic N) is 1. The lowest BCUT2D eigenvalue weighted by molar-refractivity contribution is -0.141. The lowest BCUT2D eigenvalue weighted by atomic mass is 10.0. The van der Waals surface area contributed by atoms with Crippen molar-refractivity contribution in [2.45, 2.75) is 58.7 Å². The van der Waals surface area contributed by atoms with Gasteiger partial charge in [0.05, 0.1) is 16.5 Å². The van der Waals surface area contributed by atoms with Gasteiger partial charge in [-0.1, -0.05) is 66.5 Å². The summed E-state index contributed by atoms with van der Waals surface area (Å²) in [5.41, 5.74) is 1.34. The van der Waals surface area contributed by atoms with Crippen LogP contribution in [-0.2, 0) is 22.6 Å². The summed E-state index contributed by atoms with van der Waals surface area (Å²) in [5, 5.41) is 3.87. The molecule has 0 aliphatic rings. The smallest absolute Gasteiger partial charge is 0.243 e. The van der Waals surface area contributed by atoms with Crippen LogP contribution in [0.25, 0.3) is 0 Å². The summed E-state index contributed by atoms with van der Waals surface area (Å²) in [6.45, 7) is 7.95. The molecular weight excluding hydrogens is 407 g/mol. The van der Waals surface area contributed by atoms with Gasteiger partial charge in [-0.05, 0) is 50.5 Å². The molecule has 2 rings (SSSR count). The quantitative estimate of drug-likeness (QED) is 0.645. The molecule has 0 spiro atoms. The fourth-order valence-corrected chi connectivity index (χ4v) is 3.40. The van der Waals surface area contributed by atoms with Gasteiger partial charge in [-0.3, -0.25) is 9.59 Å². The van der Waals surface area contributed by atoms with Crippen LogP contribution in [0.2, 0.25) is 10.0 Å². The van der Waals surface area contributed by atoms with Crippen LogP contribution in [0.4, 0.5) is 0 Å². The normalized spacial score (nSPS) is 12.3. The Morgan fingerprint density at radius 1 is 1.00 bits per heavy atom. The molecular formula is C23H28Cl2N2O2. The van der Waals surface area contributed by atoms with E-state index in [2.05, 4.69) is 5.32 Å². The minimum absolute atomic E-state index is 0.113. The average molecular weight is 435 g/mol. The molecule has 156 valence electrons. The van der Waals surface area contributed by atoms with Crippen molar-refractivity contribution in [1.82, 2.24) is 10.2 Å². The van der Waals surface area contributed by atoms with Gasteiger partial charge < -0.3 is 10.2 Å². The van der Waals surface area contributed by atoms with Crippen LogP contribution in [0.1, 0.15) is 45.2 Å². The maximum atomic E-state index is 13.2. The van der Waals surface area contributed by atoms with E-state index in [1.165, 1.54) is 0 Å². The number of halogens is 2. The Morgan fingerprint density at radius 2 is 1.66 bits per heavy atom. The predicted octanol–water partition coefficient (Wildman–Crippen LogP) is 5.26. The second kappa shape index (κ2) is 10.1. The minimum Gasteiger partial charge on any atom is -0.350 e. The molecule has 2 aromatic carbocycles. The van der Waals surface area contributed by atoms with E-state index in [0.717, 1.165) is 11.1 Å². The summed E-state index contributed by atoms with van der Waals surface area (Å²) in [6, 6.07) is 14.2. The van der Waals surface area contributed by atoms with E-state index in [1.54, 1.807) is 17.0 Å². The number of benzene rings is 2. The van der Waals surface area contributed by atoms with Crippen LogP contribution < -0.4 is 5.32 Å². The Hall–Kier alpha value is -2.04. The van der Waals surface area contributed by atoms with Crippen molar-refractivity contribution in [3.05, 3.63) is 69.7 Å². The fraction of sp³-hybridized carbons (Fsp3) is 0.391. The first-order chi connectivity index (χ1) is 13.6. The van der Waals surface area contributed by atoms with Gasteiger partial charge in [-0.15, -0.1) is 0 Å². The van der Waals surface area contributed by atoms with Crippen LogP contribution in [0, 0.1) is 0 Å². The van der Waals surface area contributed by atoms with Crippen molar-refractivity contribution in [2.24, 2.45) is 0 Å². The molecule has 2 aromatic rings. The predicted molar refractivity (Wildman–Crippen MR) is 119 cm³/mol. The number of rotatable bonds is 7. The lowest BCUT2D eigenvalue weighted by Crippen LogP contribution is -2.53. The van der Waals surface area contributed by atoms with E-state index in [-0.39, 0.29) is 30.3 Å². The molecule has 0 radical (unpaired) electrons. The fourth-order valence-electron chi connectivity index (χ4n) is 3.08. The molecule has 0 aliphatic carbocycles. The largest absolute Gasteiger partial charge is 0.350 e. The molecule has 0 heterocycles. The van der Waals surface area contributed by atoms with E-state index < -0.39 is 6.04 Å². The third-order valence-corrected chi connectivity index (χ3v) is 5.16. The Kier molecular flexibility index (Phi) is 8.12. The van der Waals surface area contributed by atoms with Crippen molar-refractivity contribution in [1.29, 1.82) is 0 Å². The SMILES string of the molecule is CC[C@H](C(=O)NC(C)(C)C)N(Cc1ccc(Cl)c(Cl)c1)C(=O)Cc1ccccc1. The van der Waals surface area contributed by atoms with E-state index in [1.807, 2.05) is 64.1 Å². The number of carbonyl (C=O) groups is 2. The zero-order valence-electron chi connectivity index (χ0n) is 17.3. The Bertz CT molecular complexity index is 848. The first kappa shape index (κ1) is 23.2. The second-order valence-corrected chi connectivity index (χ2v) is 8.91. The Labute approximate surface area is 183 Å². The van der Waals surface area contributed by atoms with Crippen LogP contribution >= 0.6 is 23.2 Å². The van der Waals surface area contributed by atoms with Gasteiger partial charge in [-0.25, -0.2) is 0 Å². The topological polar surface area (TPSA) is 49.4 Å². The van der Waals surface area contributed by atoms with Crippen LogP contribution in [0.3, 0.4) is 0 Å². The van der Waals surface area contributed by atoms with E-state index in [9.17, 15) is 9.59 Å². The molecule has 0 aromatic heterocycles. The third-order valence-electron chi connectivity index (χ3n) is 4.42. The molecule has 6 heteroatoms. The molecule has 0 bridgehead atoms. The number of hydrogen-bond acceptors (Lipinski definition) is 2. The molecule has 0 saturated heterocycles. The van der Waals surface area contributed by atoms with E-state index >= 15 is 0 Å². The average Bonchev–Trinajstić information content (AvgIpc) is 2.63. The van der Waals surface area contributed by atoms with Crippen LogP contribution in [0.5, 0.6) is 0 Å². The molecule has 4 nitrogen and oxygen atoms in total. The number of nitrogens with one attached hydrogen (secondary N) is 1. The summed E-state index contributed by atoms with van der Waals surface area (Å²) in [5.74, 6) is -0.278. The maximum Gasteiger partial charge on any atom is 0.243 e. The summed E-state index contributed by atoms with van der Waals surface area (Å²) in [7, 11) is 0. The van der Waals surface area contributed by atoms with E-state index in [0.29, 0.717) is 16.5 Å². The molecule has 0 aliphatic heterocycles. The minimum atomic E-state index is -0.583. The number of carbonyl (C=O) groups excluding carboxylic acids is 2. The van der Waals surface area contributed by atoms with Crippen molar-refractivity contribution >= 4 is 35.0 Å². The second-order valence-electron chi connectivity index (χ2n) is 8.10. The molecule has 1 N–H and O–H groups in total. The Balaban J connectivity index is 2.32. The molecule has 0 unspecified atom stereocenters. The van der Waals surface area contributed by atoms with Crippen molar-refractivity contribution < 1.29 is 9.59 Å². The highest BCUT2D eigenvalue weighted by atomic mass is 35.5. The van der Waals surface area contributed by atoms with Gasteiger partial charge in [0.1, 0.15) is 6.04 Å². The molecule has 29 heavy (non-hydrogen) atoms. The first-order valence-corrected chi connectivity index (χ1v) is 10.5. The highest BCUT2D eigenvalue weighted by Gasteiger charge is 2.30. The monoisotopic (exact) mass is 434 g/mol. The summed E-state index contributed by atoms with van der Waals surface area (Å²) in [6.07, 6.45) is 0.727. The van der Waals surface area contributed by atoms with Crippen molar-refractivity contribution in [3.8, 4) is 0 Å². The van der Waals surface area contributed by atoms with Gasteiger partial charge in [0.15, 0.2) is 0 Å². The van der Waals surface area contributed by atoms with Gasteiger partial charge in [-0.2, -0.15) is 0 Å². The Morgan fingerprint density at radius 3 is 2.21 bits per heavy atom. The van der Waals surface area contributed by atoms with Gasteiger partial charge in [0, 0.05) is 12.1 Å². The maximum absolute atomic E-state index is 13.2. The summed E-state index contributed by atoms with van der Waals surface area (Å²) >= 11 is 12.2.